The lowest BCUT2D eigenvalue weighted by molar-refractivity contribution is -0.123. The molecular formula is C22H29N3O4. The molecule has 0 aliphatic heterocycles. The molecule has 2 aromatic rings. The van der Waals surface area contributed by atoms with Gasteiger partial charge >= 0.3 is 12.0 Å². The molecule has 0 bridgehead atoms. The van der Waals surface area contributed by atoms with Crippen molar-refractivity contribution in [3.8, 4) is 0 Å². The lowest BCUT2D eigenvalue weighted by Gasteiger charge is -2.20. The summed E-state index contributed by atoms with van der Waals surface area (Å²) in [5.41, 5.74) is 2.38. The molecule has 1 aromatic heterocycles. The van der Waals surface area contributed by atoms with Crippen LogP contribution in [0, 0.1) is 0 Å². The summed E-state index contributed by atoms with van der Waals surface area (Å²) in [5, 5.41) is 5.47. The first kappa shape index (κ1) is 22.3. The molecule has 0 unspecified atom stereocenters. The van der Waals surface area contributed by atoms with Gasteiger partial charge in [-0.05, 0) is 45.2 Å². The minimum Gasteiger partial charge on any atom is -0.452 e. The third-order valence-corrected chi connectivity index (χ3v) is 4.20. The lowest BCUT2D eigenvalue weighted by Crippen LogP contribution is -2.49. The minimum absolute atomic E-state index is 0.438. The van der Waals surface area contributed by atoms with Gasteiger partial charge in [-0.1, -0.05) is 38.5 Å². The van der Waals surface area contributed by atoms with Crippen molar-refractivity contribution >= 4 is 28.8 Å². The Hall–Kier alpha value is -2.96. The van der Waals surface area contributed by atoms with Crippen molar-refractivity contribution in [3.63, 3.8) is 0 Å². The molecule has 0 saturated heterocycles. The quantitative estimate of drug-likeness (QED) is 0.724. The van der Waals surface area contributed by atoms with Crippen molar-refractivity contribution in [3.05, 3.63) is 41.1 Å². The van der Waals surface area contributed by atoms with Crippen molar-refractivity contribution in [2.75, 3.05) is 6.61 Å². The first-order valence-corrected chi connectivity index (χ1v) is 9.85. The number of fused-ring (bicyclic) bond motifs is 1. The Kier molecular flexibility index (Phi) is 7.31. The van der Waals surface area contributed by atoms with Gasteiger partial charge in [-0.25, -0.2) is 9.59 Å². The number of aromatic nitrogens is 1. The number of carbonyl (C=O) groups excluding carboxylic acids is 3. The van der Waals surface area contributed by atoms with Gasteiger partial charge in [-0.3, -0.25) is 15.1 Å². The van der Waals surface area contributed by atoms with Gasteiger partial charge in [0.05, 0.1) is 11.1 Å². The number of pyridine rings is 1. The number of hydrogen-bond acceptors (Lipinski definition) is 5. The second kappa shape index (κ2) is 9.49. The van der Waals surface area contributed by atoms with E-state index in [4.69, 9.17) is 9.72 Å². The summed E-state index contributed by atoms with van der Waals surface area (Å²) in [6, 6.07) is 6.75. The van der Waals surface area contributed by atoms with Crippen LogP contribution >= 0.6 is 0 Å². The Morgan fingerprint density at radius 2 is 1.79 bits per heavy atom. The zero-order valence-electron chi connectivity index (χ0n) is 17.7. The van der Waals surface area contributed by atoms with Crippen molar-refractivity contribution in [1.82, 2.24) is 15.6 Å². The number of carbonyl (C=O) groups is 3. The van der Waals surface area contributed by atoms with E-state index in [2.05, 4.69) is 17.6 Å². The fourth-order valence-electron chi connectivity index (χ4n) is 3.10. The van der Waals surface area contributed by atoms with Gasteiger partial charge in [0.15, 0.2) is 6.61 Å². The van der Waals surface area contributed by atoms with Crippen LogP contribution in [0.15, 0.2) is 24.3 Å². The highest BCUT2D eigenvalue weighted by Crippen LogP contribution is 2.26. The average Bonchev–Trinajstić information content (AvgIpc) is 2.63. The number of rotatable bonds is 6. The van der Waals surface area contributed by atoms with E-state index in [9.17, 15) is 14.4 Å². The van der Waals surface area contributed by atoms with E-state index in [1.165, 1.54) is 0 Å². The van der Waals surface area contributed by atoms with Crippen LogP contribution in [-0.2, 0) is 22.4 Å². The molecule has 0 spiro atoms. The van der Waals surface area contributed by atoms with E-state index >= 15 is 0 Å². The van der Waals surface area contributed by atoms with Crippen LogP contribution in [0.2, 0.25) is 0 Å². The second-order valence-electron chi connectivity index (χ2n) is 7.86. The monoisotopic (exact) mass is 399 g/mol. The molecule has 7 nitrogen and oxygen atoms in total. The maximum atomic E-state index is 12.9. The summed E-state index contributed by atoms with van der Waals surface area (Å²) in [4.78, 5) is 41.4. The Morgan fingerprint density at radius 1 is 1.10 bits per heavy atom. The third-order valence-electron chi connectivity index (χ3n) is 4.20. The summed E-state index contributed by atoms with van der Waals surface area (Å²) in [7, 11) is 0. The highest BCUT2D eigenvalue weighted by atomic mass is 16.5. The molecule has 0 aliphatic carbocycles. The molecule has 1 aromatic carbocycles. The minimum atomic E-state index is -0.690. The number of imide groups is 1. The van der Waals surface area contributed by atoms with Crippen LogP contribution in [-0.4, -0.2) is 35.0 Å². The van der Waals surface area contributed by atoms with Crippen LogP contribution < -0.4 is 10.6 Å². The SMILES string of the molecule is CCCc1nc2ccccc2c(C(=O)OCC(=O)NC(=O)NC(C)(C)C)c1CC. The molecular weight excluding hydrogens is 370 g/mol. The first-order chi connectivity index (χ1) is 13.7. The molecule has 0 saturated carbocycles. The topological polar surface area (TPSA) is 97.4 Å². The fraction of sp³-hybridized carbons (Fsp3) is 0.455. The normalized spacial score (nSPS) is 11.2. The molecule has 1 heterocycles. The molecule has 2 rings (SSSR count). The van der Waals surface area contributed by atoms with Gasteiger partial charge in [-0.2, -0.15) is 0 Å². The summed E-state index contributed by atoms with van der Waals surface area (Å²) in [5.74, 6) is -1.28. The Balaban J connectivity index is 2.22. The number of amides is 3. The number of urea groups is 1. The van der Waals surface area contributed by atoms with E-state index in [-0.39, 0.29) is 0 Å². The molecule has 0 atom stereocenters. The average molecular weight is 399 g/mol. The molecule has 29 heavy (non-hydrogen) atoms. The number of esters is 1. The fourth-order valence-corrected chi connectivity index (χ4v) is 3.10. The number of para-hydroxylation sites is 1. The molecule has 3 amide bonds. The highest BCUT2D eigenvalue weighted by molar-refractivity contribution is 6.06. The van der Waals surface area contributed by atoms with Crippen LogP contribution in [0.1, 0.15) is 62.7 Å². The third kappa shape index (κ3) is 6.01. The lowest BCUT2D eigenvalue weighted by atomic mass is 9.96. The van der Waals surface area contributed by atoms with E-state index in [1.54, 1.807) is 20.8 Å². The van der Waals surface area contributed by atoms with Crippen LogP contribution in [0.25, 0.3) is 10.9 Å². The summed E-state index contributed by atoms with van der Waals surface area (Å²) >= 11 is 0. The summed E-state index contributed by atoms with van der Waals surface area (Å²) < 4.78 is 5.25. The molecule has 2 N–H and O–H groups in total. The molecule has 0 fully saturated rings. The number of benzene rings is 1. The Morgan fingerprint density at radius 3 is 2.41 bits per heavy atom. The predicted molar refractivity (Wildman–Crippen MR) is 112 cm³/mol. The van der Waals surface area contributed by atoms with Crippen LogP contribution in [0.4, 0.5) is 4.79 Å². The zero-order valence-corrected chi connectivity index (χ0v) is 17.7. The Bertz CT molecular complexity index is 916. The van der Waals surface area contributed by atoms with Crippen molar-refractivity contribution in [2.45, 2.75) is 59.4 Å². The summed E-state index contributed by atoms with van der Waals surface area (Å²) in [6.45, 7) is 8.87. The maximum Gasteiger partial charge on any atom is 0.339 e. The van der Waals surface area contributed by atoms with E-state index in [0.29, 0.717) is 22.9 Å². The largest absolute Gasteiger partial charge is 0.452 e. The van der Waals surface area contributed by atoms with Gasteiger partial charge in [0.25, 0.3) is 5.91 Å². The highest BCUT2D eigenvalue weighted by Gasteiger charge is 2.22. The van der Waals surface area contributed by atoms with E-state index in [0.717, 1.165) is 24.1 Å². The summed E-state index contributed by atoms with van der Waals surface area (Å²) in [6.07, 6.45) is 2.28. The van der Waals surface area contributed by atoms with Crippen LogP contribution in [0.3, 0.4) is 0 Å². The Labute approximate surface area is 171 Å². The number of ether oxygens (including phenoxy) is 1. The number of nitrogens with one attached hydrogen (secondary N) is 2. The second-order valence-corrected chi connectivity index (χ2v) is 7.86. The smallest absolute Gasteiger partial charge is 0.339 e. The van der Waals surface area contributed by atoms with Crippen molar-refractivity contribution in [2.24, 2.45) is 0 Å². The predicted octanol–water partition coefficient (Wildman–Crippen LogP) is 3.53. The van der Waals surface area contributed by atoms with E-state index < -0.39 is 30.1 Å². The number of nitrogens with zero attached hydrogens (tertiary/aromatic N) is 1. The maximum absolute atomic E-state index is 12.9. The molecule has 0 radical (unpaired) electrons. The van der Waals surface area contributed by atoms with Crippen LogP contribution in [0.5, 0.6) is 0 Å². The van der Waals surface area contributed by atoms with Gasteiger partial charge < -0.3 is 10.1 Å². The number of hydrogen-bond donors (Lipinski definition) is 2. The molecule has 156 valence electrons. The van der Waals surface area contributed by atoms with Gasteiger partial charge in [0.2, 0.25) is 0 Å². The molecule has 7 heteroatoms. The molecule has 0 aliphatic rings. The van der Waals surface area contributed by atoms with Gasteiger partial charge in [-0.15, -0.1) is 0 Å². The zero-order chi connectivity index (χ0) is 21.6. The van der Waals surface area contributed by atoms with Crippen molar-refractivity contribution in [1.29, 1.82) is 0 Å². The standard InChI is InChI=1S/C22H29N3O4/c1-6-10-16-14(7-2)19(15-11-8-9-12-17(15)23-16)20(27)29-13-18(26)24-21(28)25-22(3,4)5/h8-9,11-12H,6-7,10,13H2,1-5H3,(H2,24,25,26,28). The van der Waals surface area contributed by atoms with Gasteiger partial charge in [0.1, 0.15) is 0 Å². The number of aryl methyl sites for hydroxylation is 1. The van der Waals surface area contributed by atoms with E-state index in [1.807, 2.05) is 31.2 Å². The van der Waals surface area contributed by atoms with Crippen molar-refractivity contribution < 1.29 is 19.1 Å². The van der Waals surface area contributed by atoms with Gasteiger partial charge in [0, 0.05) is 16.6 Å². The first-order valence-electron chi connectivity index (χ1n) is 9.85.